The Morgan fingerprint density at radius 2 is 1.90 bits per heavy atom. The summed E-state index contributed by atoms with van der Waals surface area (Å²) in [5, 5.41) is 9.69. The summed E-state index contributed by atoms with van der Waals surface area (Å²) in [7, 11) is 0. The van der Waals surface area contributed by atoms with Crippen LogP contribution in [0.1, 0.15) is 63.1 Å². The molecule has 2 aliphatic heterocycles. The van der Waals surface area contributed by atoms with Crippen LogP contribution in [0.5, 0.6) is 0 Å². The molecule has 1 aromatic rings. The summed E-state index contributed by atoms with van der Waals surface area (Å²) in [5.41, 5.74) is 1.31. The number of rotatable bonds is 5. The van der Waals surface area contributed by atoms with E-state index in [4.69, 9.17) is 12.2 Å². The highest BCUT2D eigenvalue weighted by Crippen LogP contribution is 2.37. The highest BCUT2D eigenvalue weighted by molar-refractivity contribution is 8.26. The van der Waals surface area contributed by atoms with Gasteiger partial charge in [-0.2, -0.15) is 5.26 Å². The largest absolute Gasteiger partial charge is 0.357 e. The van der Waals surface area contributed by atoms with E-state index >= 15 is 0 Å². The monoisotopic (exact) mass is 444 g/mol. The summed E-state index contributed by atoms with van der Waals surface area (Å²) in [6.45, 7) is 9.96. The molecule has 2 saturated heterocycles. The van der Waals surface area contributed by atoms with Crippen molar-refractivity contribution < 1.29 is 4.79 Å². The number of amides is 1. The first kappa shape index (κ1) is 22.6. The molecule has 30 heavy (non-hydrogen) atoms. The first-order valence-electron chi connectivity index (χ1n) is 10.5. The number of pyridine rings is 1. The van der Waals surface area contributed by atoms with Gasteiger partial charge in [0.25, 0.3) is 11.5 Å². The minimum absolute atomic E-state index is 0.0187. The average Bonchev–Trinajstić information content (AvgIpc) is 3.00. The number of nitrogens with zero attached hydrogens (tertiary/aromatic N) is 4. The van der Waals surface area contributed by atoms with Crippen LogP contribution in [0.3, 0.4) is 0 Å². The Kier molecular flexibility index (Phi) is 7.04. The normalized spacial score (nSPS) is 18.6. The molecule has 0 saturated carbocycles. The van der Waals surface area contributed by atoms with Crippen molar-refractivity contribution >= 4 is 46.1 Å². The van der Waals surface area contributed by atoms with Crippen molar-refractivity contribution in [1.29, 1.82) is 5.26 Å². The van der Waals surface area contributed by atoms with Crippen molar-refractivity contribution in [2.24, 2.45) is 0 Å². The van der Waals surface area contributed by atoms with Crippen LogP contribution in [0.25, 0.3) is 6.08 Å². The third kappa shape index (κ3) is 4.06. The molecule has 2 aliphatic rings. The number of thioether (sulfide) groups is 1. The number of anilines is 1. The van der Waals surface area contributed by atoms with Gasteiger partial charge in [-0.3, -0.25) is 19.1 Å². The van der Waals surface area contributed by atoms with E-state index in [0.717, 1.165) is 43.7 Å². The molecule has 0 aromatic carbocycles. The Hall–Kier alpha value is -2.11. The van der Waals surface area contributed by atoms with Crippen molar-refractivity contribution in [1.82, 2.24) is 9.47 Å². The number of nitriles is 1. The zero-order chi connectivity index (χ0) is 22.0. The van der Waals surface area contributed by atoms with E-state index in [2.05, 4.69) is 11.0 Å². The summed E-state index contributed by atoms with van der Waals surface area (Å²) in [6, 6.07) is 2.08. The van der Waals surface area contributed by atoms with Crippen molar-refractivity contribution in [2.45, 2.75) is 66.0 Å². The fraction of sp³-hybridized carbons (Fsp3) is 0.545. The third-order valence-electron chi connectivity index (χ3n) is 5.56. The van der Waals surface area contributed by atoms with Crippen LogP contribution in [-0.2, 0) is 11.3 Å². The summed E-state index contributed by atoms with van der Waals surface area (Å²) in [5.74, 6) is 0.712. The molecular weight excluding hydrogens is 416 g/mol. The van der Waals surface area contributed by atoms with Crippen LogP contribution in [0, 0.1) is 18.3 Å². The van der Waals surface area contributed by atoms with Crippen molar-refractivity contribution in [3.05, 3.63) is 31.9 Å². The van der Waals surface area contributed by atoms with Gasteiger partial charge in [0.1, 0.15) is 21.8 Å². The topological polar surface area (TPSA) is 69.3 Å². The molecule has 1 aromatic heterocycles. The molecular formula is C22H28N4O2S2. The quantitative estimate of drug-likeness (QED) is 0.504. The van der Waals surface area contributed by atoms with E-state index in [1.807, 2.05) is 26.8 Å². The fourth-order valence-electron chi connectivity index (χ4n) is 4.08. The van der Waals surface area contributed by atoms with Crippen molar-refractivity contribution in [3.8, 4) is 6.07 Å². The molecule has 3 heterocycles. The number of carbonyl (C=O) groups is 1. The third-order valence-corrected chi connectivity index (χ3v) is 6.89. The lowest BCUT2D eigenvalue weighted by atomic mass is 10.0. The van der Waals surface area contributed by atoms with Gasteiger partial charge >= 0.3 is 0 Å². The van der Waals surface area contributed by atoms with E-state index in [-0.39, 0.29) is 23.1 Å². The highest BCUT2D eigenvalue weighted by atomic mass is 32.2. The lowest BCUT2D eigenvalue weighted by molar-refractivity contribution is -0.123. The summed E-state index contributed by atoms with van der Waals surface area (Å²) >= 11 is 6.71. The van der Waals surface area contributed by atoms with Gasteiger partial charge in [-0.05, 0) is 58.1 Å². The Labute approximate surface area is 187 Å². The number of hydrogen-bond acceptors (Lipinski definition) is 6. The number of aromatic nitrogens is 1. The molecule has 1 amide bonds. The molecule has 0 radical (unpaired) electrons. The molecule has 0 aliphatic carbocycles. The summed E-state index contributed by atoms with van der Waals surface area (Å²) < 4.78 is 2.27. The Morgan fingerprint density at radius 3 is 2.43 bits per heavy atom. The Balaban J connectivity index is 2.26. The first-order chi connectivity index (χ1) is 14.3. The van der Waals surface area contributed by atoms with Crippen LogP contribution < -0.4 is 10.5 Å². The number of carbonyl (C=O) groups excluding carboxylic acids is 1. The van der Waals surface area contributed by atoms with Gasteiger partial charge in [0, 0.05) is 31.2 Å². The van der Waals surface area contributed by atoms with Crippen LogP contribution in [0.15, 0.2) is 9.70 Å². The zero-order valence-electron chi connectivity index (χ0n) is 18.0. The lowest BCUT2D eigenvalue weighted by Crippen LogP contribution is -2.37. The van der Waals surface area contributed by atoms with E-state index < -0.39 is 0 Å². The van der Waals surface area contributed by atoms with Gasteiger partial charge in [0.15, 0.2) is 0 Å². The van der Waals surface area contributed by atoms with Crippen LogP contribution in [0.4, 0.5) is 5.82 Å². The van der Waals surface area contributed by atoms with Crippen LogP contribution >= 0.6 is 24.0 Å². The molecule has 0 unspecified atom stereocenters. The van der Waals surface area contributed by atoms with Crippen molar-refractivity contribution in [3.63, 3.8) is 0 Å². The average molecular weight is 445 g/mol. The van der Waals surface area contributed by atoms with Crippen LogP contribution in [-0.4, -0.2) is 38.8 Å². The molecule has 0 bridgehead atoms. The Bertz CT molecular complexity index is 998. The fourth-order valence-corrected chi connectivity index (χ4v) is 5.58. The van der Waals surface area contributed by atoms with Gasteiger partial charge in [0.2, 0.25) is 0 Å². The molecule has 160 valence electrons. The smallest absolute Gasteiger partial charge is 0.270 e. The van der Waals surface area contributed by atoms with Gasteiger partial charge in [-0.15, -0.1) is 0 Å². The van der Waals surface area contributed by atoms with Crippen molar-refractivity contribution in [2.75, 3.05) is 18.0 Å². The van der Waals surface area contributed by atoms with E-state index in [1.54, 1.807) is 16.4 Å². The summed E-state index contributed by atoms with van der Waals surface area (Å²) in [4.78, 5) is 30.5. The standard InChI is InChI=1S/C22H28N4O2S2/c1-5-9-25-19(24-10-7-6-8-11-24)16(15(4)17(13-23)20(25)27)12-18-21(28)26(14(2)3)22(29)30-18/h12,14H,5-11H2,1-4H3/b18-12-. The molecule has 8 heteroatoms. The second-order valence-corrected chi connectivity index (χ2v) is 9.67. The minimum atomic E-state index is -0.246. The minimum Gasteiger partial charge on any atom is -0.357 e. The molecule has 0 atom stereocenters. The summed E-state index contributed by atoms with van der Waals surface area (Å²) in [6.07, 6.45) is 5.92. The Morgan fingerprint density at radius 1 is 1.23 bits per heavy atom. The second kappa shape index (κ2) is 9.36. The number of thiocarbonyl (C=S) groups is 1. The molecule has 3 rings (SSSR count). The second-order valence-electron chi connectivity index (χ2n) is 8.00. The molecule has 0 spiro atoms. The predicted molar refractivity (Wildman–Crippen MR) is 127 cm³/mol. The number of hydrogen-bond donors (Lipinski definition) is 0. The van der Waals surface area contributed by atoms with Gasteiger partial charge in [-0.25, -0.2) is 0 Å². The molecule has 0 N–H and O–H groups in total. The van der Waals surface area contributed by atoms with Crippen LogP contribution in [0.2, 0.25) is 0 Å². The van der Waals surface area contributed by atoms with E-state index in [1.165, 1.54) is 18.2 Å². The predicted octanol–water partition coefficient (Wildman–Crippen LogP) is 4.04. The number of piperidine rings is 1. The van der Waals surface area contributed by atoms with E-state index in [0.29, 0.717) is 21.3 Å². The first-order valence-corrected chi connectivity index (χ1v) is 11.7. The lowest BCUT2D eigenvalue weighted by Gasteiger charge is -2.33. The maximum atomic E-state index is 13.1. The zero-order valence-corrected chi connectivity index (χ0v) is 19.7. The highest BCUT2D eigenvalue weighted by Gasteiger charge is 2.34. The van der Waals surface area contributed by atoms with Gasteiger partial charge in [-0.1, -0.05) is 30.9 Å². The molecule has 2 fully saturated rings. The maximum absolute atomic E-state index is 13.1. The SMILES string of the molecule is CCCn1c(N2CCCCC2)c(/C=C2\SC(=S)N(C(C)C)C2=O)c(C)c(C#N)c1=O. The van der Waals surface area contributed by atoms with E-state index in [9.17, 15) is 14.9 Å². The van der Waals surface area contributed by atoms with Gasteiger partial charge in [0.05, 0.1) is 4.91 Å². The molecule has 6 nitrogen and oxygen atoms in total. The maximum Gasteiger partial charge on any atom is 0.270 e. The van der Waals surface area contributed by atoms with Gasteiger partial charge < -0.3 is 4.90 Å².